The molecule has 86 valence electrons. The smallest absolute Gasteiger partial charge is 0.184 e. The van der Waals surface area contributed by atoms with Crippen LogP contribution in [0.15, 0.2) is 12.7 Å². The van der Waals surface area contributed by atoms with E-state index >= 15 is 0 Å². The largest absolute Gasteiger partial charge is 0.386 e. The summed E-state index contributed by atoms with van der Waals surface area (Å²) in [6.45, 7) is 6.90. The molecule has 5 nitrogen and oxygen atoms in total. The summed E-state index contributed by atoms with van der Waals surface area (Å²) in [6.07, 6.45) is 3.36. The zero-order chi connectivity index (χ0) is 11.9. The molecule has 6 heteroatoms. The molecule has 0 aromatic carbocycles. The summed E-state index contributed by atoms with van der Waals surface area (Å²) in [5.41, 5.74) is 0.884. The van der Waals surface area contributed by atoms with E-state index in [1.807, 2.05) is 11.6 Å². The Morgan fingerprint density at radius 1 is 1.19 bits per heavy atom. The van der Waals surface area contributed by atoms with Crippen LogP contribution in [-0.2, 0) is 7.05 Å². The van der Waals surface area contributed by atoms with E-state index in [1.165, 1.54) is 0 Å². The number of aryl methyl sites for hydroxylation is 1. The predicted octanol–water partition coefficient (Wildman–Crippen LogP) is 1.59. The van der Waals surface area contributed by atoms with Crippen molar-refractivity contribution in [1.82, 2.24) is 19.5 Å². The molecule has 2 aliphatic rings. The predicted molar refractivity (Wildman–Crippen MR) is 67.2 cm³/mol. The molecule has 0 amide bonds. The minimum Gasteiger partial charge on any atom is -0.386 e. The molecule has 0 spiro atoms. The number of rotatable bonds is 2. The minimum atomic E-state index is -1.41. The van der Waals surface area contributed by atoms with Gasteiger partial charge >= 0.3 is 0 Å². The number of imidazole rings is 1. The molecular weight excluding hydrogens is 218 g/mol. The van der Waals surface area contributed by atoms with Gasteiger partial charge in [-0.3, -0.25) is 0 Å². The summed E-state index contributed by atoms with van der Waals surface area (Å²) in [4.78, 5) is 12.7. The molecule has 0 fully saturated rings. The topological polar surface area (TPSA) is 46.8 Å². The number of aromatic nitrogens is 4. The van der Waals surface area contributed by atoms with Crippen LogP contribution < -0.4 is 4.57 Å². The van der Waals surface area contributed by atoms with E-state index in [0.29, 0.717) is 0 Å². The fraction of sp³-hybridized carbons (Fsp3) is 0.500. The summed E-state index contributed by atoms with van der Waals surface area (Å²) in [5, 5.41) is 0. The first-order chi connectivity index (χ1) is 7.41. The Labute approximate surface area is 96.6 Å². The van der Waals surface area contributed by atoms with Gasteiger partial charge < -0.3 is 9.13 Å². The summed E-state index contributed by atoms with van der Waals surface area (Å²) < 4.78 is 4.33. The second-order valence-electron chi connectivity index (χ2n) is 4.95. The third-order valence-electron chi connectivity index (χ3n) is 2.80. The highest BCUT2D eigenvalue weighted by atomic mass is 28.3. The van der Waals surface area contributed by atoms with Crippen LogP contribution in [0.2, 0.25) is 19.6 Å². The highest BCUT2D eigenvalue weighted by Crippen LogP contribution is 2.29. The maximum Gasteiger partial charge on any atom is 0.184 e. The number of anilines is 1. The van der Waals surface area contributed by atoms with Crippen molar-refractivity contribution in [1.29, 1.82) is 0 Å². The van der Waals surface area contributed by atoms with Gasteiger partial charge in [-0.05, 0) is 7.05 Å². The maximum atomic E-state index is 4.30. The van der Waals surface area contributed by atoms with Gasteiger partial charge in [-0.25, -0.2) is 15.0 Å². The molecule has 0 atom stereocenters. The van der Waals surface area contributed by atoms with E-state index in [0.717, 1.165) is 17.3 Å². The van der Waals surface area contributed by atoms with Gasteiger partial charge in [0.2, 0.25) is 0 Å². The van der Waals surface area contributed by atoms with E-state index < -0.39 is 8.24 Å². The van der Waals surface area contributed by atoms with E-state index in [-0.39, 0.29) is 0 Å². The molecule has 2 heterocycles. The molecule has 0 N–H and O–H groups in total. The Balaban J connectivity index is 2.60. The maximum absolute atomic E-state index is 4.30. The van der Waals surface area contributed by atoms with Crippen molar-refractivity contribution >= 4 is 14.1 Å². The van der Waals surface area contributed by atoms with Crippen molar-refractivity contribution in [3.8, 4) is 11.5 Å². The molecule has 0 aromatic heterocycles. The molecular formula is C10H17N5Si. The molecule has 0 bridgehead atoms. The first kappa shape index (κ1) is 11.1. The van der Waals surface area contributed by atoms with Crippen LogP contribution in [0.3, 0.4) is 0 Å². The Kier molecular flexibility index (Phi) is 2.45. The van der Waals surface area contributed by atoms with Crippen molar-refractivity contribution in [3.63, 3.8) is 0 Å². The Bertz CT molecular complexity index is 473. The fourth-order valence-electron chi connectivity index (χ4n) is 1.59. The zero-order valence-corrected chi connectivity index (χ0v) is 11.4. The van der Waals surface area contributed by atoms with Crippen molar-refractivity contribution in [2.45, 2.75) is 19.6 Å². The van der Waals surface area contributed by atoms with Crippen LogP contribution >= 0.6 is 0 Å². The molecule has 0 saturated heterocycles. The molecule has 0 aromatic rings. The lowest BCUT2D eigenvalue weighted by molar-refractivity contribution is 0.846. The molecule has 0 aliphatic carbocycles. The lowest BCUT2D eigenvalue weighted by Crippen LogP contribution is -2.44. The van der Waals surface area contributed by atoms with Gasteiger partial charge in [0.05, 0.1) is 6.33 Å². The van der Waals surface area contributed by atoms with Gasteiger partial charge in [0.25, 0.3) is 0 Å². The van der Waals surface area contributed by atoms with Crippen molar-refractivity contribution in [2.24, 2.45) is 7.05 Å². The Morgan fingerprint density at radius 3 is 2.50 bits per heavy atom. The third-order valence-corrected chi connectivity index (χ3v) is 5.03. The molecule has 0 unspecified atom stereocenters. The van der Waals surface area contributed by atoms with Crippen molar-refractivity contribution < 1.29 is 0 Å². The van der Waals surface area contributed by atoms with Crippen molar-refractivity contribution in [2.75, 3.05) is 11.6 Å². The van der Waals surface area contributed by atoms with E-state index in [4.69, 9.17) is 0 Å². The number of hydrogen-bond donors (Lipinski definition) is 0. The van der Waals surface area contributed by atoms with E-state index in [9.17, 15) is 0 Å². The van der Waals surface area contributed by atoms with Gasteiger partial charge in [0.1, 0.15) is 26.1 Å². The minimum absolute atomic E-state index is 0.721. The Hall–Kier alpha value is -1.43. The quantitative estimate of drug-likeness (QED) is 0.742. The van der Waals surface area contributed by atoms with E-state index in [2.05, 4.69) is 46.2 Å². The highest BCUT2D eigenvalue weighted by Gasteiger charge is 2.27. The first-order valence-corrected chi connectivity index (χ1v) is 8.72. The van der Waals surface area contributed by atoms with Crippen LogP contribution in [0.5, 0.6) is 0 Å². The van der Waals surface area contributed by atoms with Crippen LogP contribution in [0.25, 0.3) is 11.5 Å². The summed E-state index contributed by atoms with van der Waals surface area (Å²) in [7, 11) is 2.71. The number of nitrogens with zero attached hydrogens (tertiary/aromatic N) is 5. The Morgan fingerprint density at radius 2 is 1.88 bits per heavy atom. The number of fused-ring (bicyclic) bond motifs is 1. The fourth-order valence-corrected chi connectivity index (χ4v) is 2.49. The van der Waals surface area contributed by atoms with Gasteiger partial charge in [0, 0.05) is 7.05 Å². The number of hydrogen-bond acceptors (Lipinski definition) is 4. The average molecular weight is 235 g/mol. The highest BCUT2D eigenvalue weighted by molar-refractivity contribution is 6.79. The second-order valence-corrected chi connectivity index (χ2v) is 9.97. The molecule has 0 saturated carbocycles. The lowest BCUT2D eigenvalue weighted by atomic mass is 10.4. The summed E-state index contributed by atoms with van der Waals surface area (Å²) >= 11 is 0. The van der Waals surface area contributed by atoms with Crippen LogP contribution in [0.4, 0.5) is 5.82 Å². The molecule has 2 rings (SSSR count). The molecule has 0 radical (unpaired) electrons. The van der Waals surface area contributed by atoms with Crippen LogP contribution in [0.1, 0.15) is 0 Å². The molecule has 16 heavy (non-hydrogen) atoms. The second kappa shape index (κ2) is 3.55. The monoisotopic (exact) mass is 235 g/mol. The van der Waals surface area contributed by atoms with Gasteiger partial charge in [-0.2, -0.15) is 0 Å². The standard InChI is InChI=1S/C10H17N5Si/c1-14-7-13-9-8(11-6-12-9)10(14)15(2)16(3,4)5/h6-7H,1-5H3. The average Bonchev–Trinajstić information content (AvgIpc) is 2.63. The van der Waals surface area contributed by atoms with Gasteiger partial charge in [-0.15, -0.1) is 0 Å². The third kappa shape index (κ3) is 1.69. The summed E-state index contributed by atoms with van der Waals surface area (Å²) in [6, 6.07) is 0. The zero-order valence-electron chi connectivity index (χ0n) is 10.4. The summed E-state index contributed by atoms with van der Waals surface area (Å²) in [5.74, 6) is 1.82. The lowest BCUT2D eigenvalue weighted by Gasteiger charge is -2.34. The normalized spacial score (nSPS) is 12.1. The molecule has 2 aliphatic heterocycles. The van der Waals surface area contributed by atoms with Crippen LogP contribution in [-0.4, -0.2) is 34.8 Å². The first-order valence-electron chi connectivity index (χ1n) is 5.27. The van der Waals surface area contributed by atoms with Gasteiger partial charge in [0.15, 0.2) is 5.82 Å². The van der Waals surface area contributed by atoms with E-state index in [1.54, 1.807) is 12.7 Å². The van der Waals surface area contributed by atoms with Gasteiger partial charge in [-0.1, -0.05) is 19.6 Å². The van der Waals surface area contributed by atoms with Crippen molar-refractivity contribution in [3.05, 3.63) is 12.7 Å². The SMILES string of the molecule is CN(c1c2ncnc-2ncn1C)[Si](C)(C)C. The van der Waals surface area contributed by atoms with Crippen LogP contribution in [0, 0.1) is 0 Å².